The molecule has 1 unspecified atom stereocenters. The van der Waals surface area contributed by atoms with Gasteiger partial charge in [-0.3, -0.25) is 0 Å². The number of hydrogen-bond donors (Lipinski definition) is 1. The molecule has 1 saturated carbocycles. The summed E-state index contributed by atoms with van der Waals surface area (Å²) in [4.78, 5) is 0. The van der Waals surface area contributed by atoms with Gasteiger partial charge in [-0.25, -0.2) is 0 Å². The fourth-order valence-electron chi connectivity index (χ4n) is 3.60. The Morgan fingerprint density at radius 2 is 1.46 bits per heavy atom. The Kier molecular flexibility index (Phi) is 7.33. The number of rotatable bonds is 4. The van der Waals surface area contributed by atoms with Crippen LogP contribution in [-0.2, 0) is 5.60 Å². The van der Waals surface area contributed by atoms with Gasteiger partial charge < -0.3 is 5.11 Å². The fraction of sp³-hybridized carbons (Fsp3) is 0.700. The lowest BCUT2D eigenvalue weighted by atomic mass is 9.81. The highest BCUT2D eigenvalue weighted by atomic mass is 19.4. The van der Waals surface area contributed by atoms with Gasteiger partial charge in [0.2, 0.25) is 0 Å². The lowest BCUT2D eigenvalue weighted by molar-refractivity contribution is -0.283. The summed E-state index contributed by atoms with van der Waals surface area (Å²) >= 11 is 0. The maximum Gasteiger partial charge on any atom is 0.421 e. The normalized spacial score (nSPS) is 19.5. The third kappa shape index (κ3) is 4.53. The standard InChI is InChI=1S/C11H13F3O.C9H18/c1-8(2)10(15,11(12,13)14)9-6-4-3-5-7-9;1-3-9(4-2)7-5-6-8-9/h3-8,15H,1-2H3;3-8H2,1-2H3. The van der Waals surface area contributed by atoms with Gasteiger partial charge in [0.05, 0.1) is 0 Å². The predicted molar refractivity (Wildman–Crippen MR) is 92.7 cm³/mol. The van der Waals surface area contributed by atoms with Gasteiger partial charge in [-0.1, -0.05) is 83.7 Å². The van der Waals surface area contributed by atoms with Crippen LogP contribution in [0.2, 0.25) is 0 Å². The zero-order valence-electron chi connectivity index (χ0n) is 15.3. The first-order valence-corrected chi connectivity index (χ1v) is 8.97. The van der Waals surface area contributed by atoms with Crippen LogP contribution < -0.4 is 0 Å². The second kappa shape index (κ2) is 8.37. The van der Waals surface area contributed by atoms with E-state index in [0.29, 0.717) is 0 Å². The van der Waals surface area contributed by atoms with Crippen LogP contribution in [0, 0.1) is 11.3 Å². The molecule has 0 heterocycles. The second-order valence-electron chi connectivity index (χ2n) is 7.20. The average Bonchev–Trinajstić information content (AvgIpc) is 3.04. The first kappa shape index (κ1) is 21.0. The molecule has 0 aromatic heterocycles. The minimum atomic E-state index is -4.66. The van der Waals surface area contributed by atoms with Gasteiger partial charge in [0.15, 0.2) is 5.60 Å². The van der Waals surface area contributed by atoms with Crippen molar-refractivity contribution in [3.63, 3.8) is 0 Å². The highest BCUT2D eigenvalue weighted by Crippen LogP contribution is 2.44. The summed E-state index contributed by atoms with van der Waals surface area (Å²) in [7, 11) is 0. The number of alkyl halides is 3. The van der Waals surface area contributed by atoms with Gasteiger partial charge in [0.25, 0.3) is 0 Å². The molecule has 1 aliphatic carbocycles. The second-order valence-corrected chi connectivity index (χ2v) is 7.20. The van der Waals surface area contributed by atoms with Crippen LogP contribution in [0.25, 0.3) is 0 Å². The van der Waals surface area contributed by atoms with Gasteiger partial charge in [0, 0.05) is 0 Å². The summed E-state index contributed by atoms with van der Waals surface area (Å²) in [6.07, 6.45) is 4.12. The van der Waals surface area contributed by atoms with E-state index in [0.717, 1.165) is 5.41 Å². The van der Waals surface area contributed by atoms with E-state index >= 15 is 0 Å². The quantitative estimate of drug-likeness (QED) is 0.664. The van der Waals surface area contributed by atoms with Crippen LogP contribution in [0.15, 0.2) is 30.3 Å². The maximum atomic E-state index is 12.8. The molecule has 0 saturated heterocycles. The molecule has 1 atom stereocenters. The molecule has 0 amide bonds. The van der Waals surface area contributed by atoms with E-state index in [1.165, 1.54) is 76.6 Å². The molecule has 1 aliphatic rings. The first-order chi connectivity index (χ1) is 11.1. The minimum Gasteiger partial charge on any atom is -0.376 e. The van der Waals surface area contributed by atoms with E-state index in [9.17, 15) is 18.3 Å². The molecular formula is C20H31F3O. The minimum absolute atomic E-state index is 0.118. The Labute approximate surface area is 144 Å². The highest BCUT2D eigenvalue weighted by molar-refractivity contribution is 5.24. The molecule has 1 fully saturated rings. The van der Waals surface area contributed by atoms with E-state index in [2.05, 4.69) is 13.8 Å². The topological polar surface area (TPSA) is 20.2 Å². The Morgan fingerprint density at radius 3 is 1.75 bits per heavy atom. The Balaban J connectivity index is 0.000000272. The molecule has 0 radical (unpaired) electrons. The zero-order chi connectivity index (χ0) is 18.4. The van der Waals surface area contributed by atoms with E-state index in [-0.39, 0.29) is 5.56 Å². The summed E-state index contributed by atoms with van der Waals surface area (Å²) in [6, 6.07) is 7.14. The third-order valence-corrected chi connectivity index (χ3v) is 5.65. The van der Waals surface area contributed by atoms with E-state index in [1.54, 1.807) is 6.07 Å². The number of aliphatic hydroxyl groups is 1. The van der Waals surface area contributed by atoms with E-state index in [4.69, 9.17) is 0 Å². The number of benzene rings is 1. The third-order valence-electron chi connectivity index (χ3n) is 5.65. The monoisotopic (exact) mass is 344 g/mol. The number of hydrogen-bond acceptors (Lipinski definition) is 1. The van der Waals surface area contributed by atoms with Crippen LogP contribution in [0.1, 0.15) is 71.8 Å². The van der Waals surface area contributed by atoms with Crippen LogP contribution in [0.5, 0.6) is 0 Å². The van der Waals surface area contributed by atoms with Crippen LogP contribution in [-0.4, -0.2) is 11.3 Å². The van der Waals surface area contributed by atoms with Crippen molar-refractivity contribution in [2.24, 2.45) is 11.3 Å². The highest BCUT2D eigenvalue weighted by Gasteiger charge is 2.56. The van der Waals surface area contributed by atoms with Gasteiger partial charge in [-0.2, -0.15) is 13.2 Å². The average molecular weight is 344 g/mol. The van der Waals surface area contributed by atoms with Crippen molar-refractivity contribution in [2.45, 2.75) is 78.0 Å². The van der Waals surface area contributed by atoms with Crippen molar-refractivity contribution < 1.29 is 18.3 Å². The van der Waals surface area contributed by atoms with Crippen molar-refractivity contribution in [1.82, 2.24) is 0 Å². The number of halogens is 3. The molecule has 138 valence electrons. The molecule has 2 rings (SSSR count). The molecule has 0 bridgehead atoms. The van der Waals surface area contributed by atoms with Crippen LogP contribution in [0.4, 0.5) is 13.2 Å². The Bertz CT molecular complexity index is 469. The van der Waals surface area contributed by atoms with E-state index < -0.39 is 17.7 Å². The molecule has 24 heavy (non-hydrogen) atoms. The van der Waals surface area contributed by atoms with Crippen molar-refractivity contribution in [2.75, 3.05) is 0 Å². The summed E-state index contributed by atoms with van der Waals surface area (Å²) in [5.74, 6) is -0.931. The zero-order valence-corrected chi connectivity index (χ0v) is 15.3. The molecule has 1 aromatic carbocycles. The molecule has 1 N–H and O–H groups in total. The summed E-state index contributed by atoms with van der Waals surface area (Å²) in [5, 5.41) is 9.77. The maximum absolute atomic E-state index is 12.8. The van der Waals surface area contributed by atoms with Gasteiger partial charge in [-0.05, 0) is 29.7 Å². The smallest absolute Gasteiger partial charge is 0.376 e. The molecule has 4 heteroatoms. The lowest BCUT2D eigenvalue weighted by Crippen LogP contribution is -2.46. The Morgan fingerprint density at radius 1 is 1.00 bits per heavy atom. The Hall–Kier alpha value is -1.03. The molecule has 1 nitrogen and oxygen atoms in total. The van der Waals surface area contributed by atoms with Crippen molar-refractivity contribution >= 4 is 0 Å². The van der Waals surface area contributed by atoms with Crippen LogP contribution in [0.3, 0.4) is 0 Å². The van der Waals surface area contributed by atoms with Crippen molar-refractivity contribution in [3.8, 4) is 0 Å². The summed E-state index contributed by atoms with van der Waals surface area (Å²) in [5.41, 5.74) is -2.11. The van der Waals surface area contributed by atoms with Gasteiger partial charge in [0.1, 0.15) is 0 Å². The molecular weight excluding hydrogens is 313 g/mol. The van der Waals surface area contributed by atoms with Gasteiger partial charge >= 0.3 is 6.18 Å². The molecule has 0 spiro atoms. The SMILES string of the molecule is CC(C)C(O)(c1ccccc1)C(F)(F)F.CCC1(CC)CCCC1. The predicted octanol–water partition coefficient (Wildman–Crippen LogP) is 6.46. The van der Waals surface area contributed by atoms with E-state index in [1.807, 2.05) is 0 Å². The van der Waals surface area contributed by atoms with Gasteiger partial charge in [-0.15, -0.1) is 0 Å². The summed E-state index contributed by atoms with van der Waals surface area (Å²) in [6.45, 7) is 7.38. The molecule has 1 aromatic rings. The van der Waals surface area contributed by atoms with Crippen molar-refractivity contribution in [1.29, 1.82) is 0 Å². The summed E-state index contributed by atoms with van der Waals surface area (Å²) < 4.78 is 38.4. The fourth-order valence-corrected chi connectivity index (χ4v) is 3.60. The largest absolute Gasteiger partial charge is 0.421 e. The first-order valence-electron chi connectivity index (χ1n) is 8.97. The lowest BCUT2D eigenvalue weighted by Gasteiger charge is -2.34. The van der Waals surface area contributed by atoms with Crippen LogP contribution >= 0.6 is 0 Å². The molecule has 0 aliphatic heterocycles. The van der Waals surface area contributed by atoms with Crippen molar-refractivity contribution in [3.05, 3.63) is 35.9 Å².